The summed E-state index contributed by atoms with van der Waals surface area (Å²) >= 11 is 0. The van der Waals surface area contributed by atoms with Crippen LogP contribution in [-0.2, 0) is 19.5 Å². The van der Waals surface area contributed by atoms with Crippen LogP contribution in [0.15, 0.2) is 0 Å². The molecule has 0 aliphatic rings. The Balaban J connectivity index is 0. The first-order chi connectivity index (χ1) is 2.91. The summed E-state index contributed by atoms with van der Waals surface area (Å²) in [6, 6.07) is 0. The third kappa shape index (κ3) is 10.8. The zero-order valence-corrected chi connectivity index (χ0v) is 6.79. The maximum Gasteiger partial charge on any atom is 1.00 e. The van der Waals surface area contributed by atoms with Crippen LogP contribution in [0.4, 0.5) is 0 Å². The van der Waals surface area contributed by atoms with Crippen LogP contribution < -0.4 is 0 Å². The number of unbranched alkanes of at least 4 members (excludes halogenated alkanes) is 3. The molecule has 45 valence electrons. The predicted molar refractivity (Wildman–Crippen MR) is 29.5 cm³/mol. The molecule has 0 unspecified atom stereocenters. The van der Waals surface area contributed by atoms with E-state index >= 15 is 0 Å². The summed E-state index contributed by atoms with van der Waals surface area (Å²) in [5, 5.41) is 0. The van der Waals surface area contributed by atoms with Crippen LogP contribution in [0, 0.1) is 6.42 Å². The van der Waals surface area contributed by atoms with Gasteiger partial charge in [-0.15, -0.1) is 0 Å². The summed E-state index contributed by atoms with van der Waals surface area (Å²) in [5.41, 5.74) is 0. The molecule has 0 aromatic rings. The molecule has 0 aliphatic heterocycles. The van der Waals surface area contributed by atoms with Crippen LogP contribution in [0.3, 0.4) is 0 Å². The summed E-state index contributed by atoms with van der Waals surface area (Å²) in [6.45, 7) is 4.38. The van der Waals surface area contributed by atoms with Crippen molar-refractivity contribution in [3.63, 3.8) is 0 Å². The van der Waals surface area contributed by atoms with Crippen molar-refractivity contribution in [2.45, 2.75) is 33.1 Å². The Labute approximate surface area is 59.4 Å². The van der Waals surface area contributed by atoms with Crippen molar-refractivity contribution in [1.29, 1.82) is 0 Å². The second-order valence-electron chi connectivity index (χ2n) is 1.49. The van der Waals surface area contributed by atoms with Gasteiger partial charge in [0.25, 0.3) is 0 Å². The molecule has 7 heavy (non-hydrogen) atoms. The molecule has 0 saturated carbocycles. The van der Waals surface area contributed by atoms with Gasteiger partial charge in [0, 0.05) is 0 Å². The van der Waals surface area contributed by atoms with Gasteiger partial charge in [-0.05, 0) is 0 Å². The molecule has 0 aromatic heterocycles. The van der Waals surface area contributed by atoms with Crippen LogP contribution in [0.5, 0.6) is 0 Å². The number of rotatable bonds is 3. The average molecular weight is 186 g/mol. The Morgan fingerprint density at radius 2 is 1.86 bits per heavy atom. The van der Waals surface area contributed by atoms with Crippen LogP contribution in [-0.4, -0.2) is 0 Å². The summed E-state index contributed by atoms with van der Waals surface area (Å²) in [5.74, 6) is 0. The predicted octanol–water partition coefficient (Wildman–Crippen LogP) is 2.40. The molecule has 0 spiro atoms. The Kier molecular flexibility index (Phi) is 14.8. The van der Waals surface area contributed by atoms with Gasteiger partial charge >= 0.3 is 19.5 Å². The Morgan fingerprint density at radius 1 is 1.29 bits per heavy atom. The zero-order valence-electron chi connectivity index (χ0n) is 5.05. The van der Waals surface area contributed by atoms with Crippen molar-refractivity contribution < 1.29 is 19.5 Å². The Bertz CT molecular complexity index is 16.1. The van der Waals surface area contributed by atoms with Crippen LogP contribution in [0.2, 0.25) is 0 Å². The molecule has 0 atom stereocenters. The number of hydrogen-bond donors (Lipinski definition) is 0. The molecule has 0 heterocycles. The van der Waals surface area contributed by atoms with E-state index in [1.807, 2.05) is 0 Å². The topological polar surface area (TPSA) is 0 Å². The molecule has 1 heteroatoms. The molecular weight excluding hydrogens is 173 g/mol. The Hall–Kier alpha value is 0.623. The van der Waals surface area contributed by atoms with E-state index in [0.29, 0.717) is 0 Å². The van der Waals surface area contributed by atoms with E-state index in [1.54, 1.807) is 0 Å². The minimum absolute atomic E-state index is 0. The SMILES string of the molecule is CC[CH-]CCC.[Ru+]. The van der Waals surface area contributed by atoms with E-state index in [1.165, 1.54) is 19.3 Å². The van der Waals surface area contributed by atoms with Crippen molar-refractivity contribution in [2.24, 2.45) is 0 Å². The fraction of sp³-hybridized carbons (Fsp3) is 0.833. The van der Waals surface area contributed by atoms with E-state index in [2.05, 4.69) is 20.3 Å². The average Bonchev–Trinajstić information content (AvgIpc) is 1.61. The summed E-state index contributed by atoms with van der Waals surface area (Å²) in [4.78, 5) is 0. The van der Waals surface area contributed by atoms with E-state index in [9.17, 15) is 0 Å². The van der Waals surface area contributed by atoms with Crippen molar-refractivity contribution in [3.8, 4) is 0 Å². The molecule has 0 aromatic carbocycles. The van der Waals surface area contributed by atoms with Gasteiger partial charge in [0.15, 0.2) is 0 Å². The first kappa shape index (κ1) is 10.6. The molecule has 0 saturated heterocycles. The van der Waals surface area contributed by atoms with Gasteiger partial charge in [-0.1, -0.05) is 20.3 Å². The molecule has 0 amide bonds. The first-order valence-electron chi connectivity index (χ1n) is 2.73. The van der Waals surface area contributed by atoms with Gasteiger partial charge in [-0.25, -0.2) is 0 Å². The van der Waals surface area contributed by atoms with Gasteiger partial charge in [-0.2, -0.15) is 12.8 Å². The largest absolute Gasteiger partial charge is 1.00 e. The van der Waals surface area contributed by atoms with Gasteiger partial charge in [0.1, 0.15) is 0 Å². The second kappa shape index (κ2) is 9.80. The van der Waals surface area contributed by atoms with E-state index in [4.69, 9.17) is 0 Å². The minimum Gasteiger partial charge on any atom is -0.329 e. The van der Waals surface area contributed by atoms with Gasteiger partial charge in [0.2, 0.25) is 0 Å². The molecule has 0 N–H and O–H groups in total. The maximum atomic E-state index is 2.31. The van der Waals surface area contributed by atoms with Crippen LogP contribution in [0.1, 0.15) is 33.1 Å². The quantitative estimate of drug-likeness (QED) is 0.360. The zero-order chi connectivity index (χ0) is 4.83. The monoisotopic (exact) mass is 187 g/mol. The fourth-order valence-corrected chi connectivity index (χ4v) is 0.408. The number of hydrogen-bond acceptors (Lipinski definition) is 0. The summed E-state index contributed by atoms with van der Waals surface area (Å²) in [7, 11) is 0. The third-order valence-corrected chi connectivity index (χ3v) is 0.781. The molecule has 0 rings (SSSR count). The molecule has 0 aliphatic carbocycles. The smallest absolute Gasteiger partial charge is 0.329 e. The second-order valence-corrected chi connectivity index (χ2v) is 1.49. The molecule has 1 radical (unpaired) electrons. The van der Waals surface area contributed by atoms with Crippen molar-refractivity contribution in [1.82, 2.24) is 0 Å². The van der Waals surface area contributed by atoms with E-state index in [0.717, 1.165) is 0 Å². The Morgan fingerprint density at radius 3 is 2.00 bits per heavy atom. The van der Waals surface area contributed by atoms with Crippen molar-refractivity contribution >= 4 is 0 Å². The third-order valence-electron chi connectivity index (χ3n) is 0.781. The molecular formula is C6H13Ru. The first-order valence-corrected chi connectivity index (χ1v) is 2.73. The minimum atomic E-state index is 0. The van der Waals surface area contributed by atoms with Crippen molar-refractivity contribution in [2.75, 3.05) is 0 Å². The van der Waals surface area contributed by atoms with Gasteiger partial charge < -0.3 is 6.42 Å². The summed E-state index contributed by atoms with van der Waals surface area (Å²) in [6.07, 6.45) is 6.12. The van der Waals surface area contributed by atoms with Gasteiger partial charge in [-0.3, -0.25) is 0 Å². The molecule has 0 nitrogen and oxygen atoms in total. The normalized spacial score (nSPS) is 7.71. The van der Waals surface area contributed by atoms with E-state index < -0.39 is 0 Å². The van der Waals surface area contributed by atoms with Crippen LogP contribution in [0.25, 0.3) is 0 Å². The standard InChI is InChI=1S/C6H13.Ru/c1-3-5-6-4-2;/h5H,3-4,6H2,1-2H3;/q-1;+1. The summed E-state index contributed by atoms with van der Waals surface area (Å²) < 4.78 is 0. The van der Waals surface area contributed by atoms with E-state index in [-0.39, 0.29) is 19.5 Å². The molecule has 0 fully saturated rings. The van der Waals surface area contributed by atoms with Gasteiger partial charge in [0.05, 0.1) is 0 Å². The maximum absolute atomic E-state index is 2.31. The fourth-order valence-electron chi connectivity index (χ4n) is 0.408. The van der Waals surface area contributed by atoms with Crippen LogP contribution >= 0.6 is 0 Å². The van der Waals surface area contributed by atoms with Crippen molar-refractivity contribution in [3.05, 3.63) is 6.42 Å². The molecule has 0 bridgehead atoms.